The lowest BCUT2D eigenvalue weighted by Gasteiger charge is -2.13. The SMILES string of the molecule is CN(C)c1nnc(C#N)c2cc(C(=O)O)ccc12. The van der Waals surface area contributed by atoms with E-state index in [1.54, 1.807) is 25.1 Å². The molecule has 1 aromatic heterocycles. The zero-order chi connectivity index (χ0) is 13.3. The Kier molecular flexibility index (Phi) is 2.81. The van der Waals surface area contributed by atoms with E-state index in [1.807, 2.05) is 6.07 Å². The molecule has 6 nitrogen and oxygen atoms in total. The Morgan fingerprint density at radius 2 is 2.06 bits per heavy atom. The first kappa shape index (κ1) is 11.8. The Balaban J connectivity index is 2.83. The predicted molar refractivity (Wildman–Crippen MR) is 65.5 cm³/mol. The van der Waals surface area contributed by atoms with Gasteiger partial charge in [-0.1, -0.05) is 0 Å². The van der Waals surface area contributed by atoms with Gasteiger partial charge < -0.3 is 10.0 Å². The minimum absolute atomic E-state index is 0.122. The molecule has 90 valence electrons. The Bertz CT molecular complexity index is 674. The van der Waals surface area contributed by atoms with Gasteiger partial charge >= 0.3 is 5.97 Å². The molecule has 18 heavy (non-hydrogen) atoms. The summed E-state index contributed by atoms with van der Waals surface area (Å²) in [5.74, 6) is -0.440. The third kappa shape index (κ3) is 1.82. The number of hydrogen-bond acceptors (Lipinski definition) is 5. The van der Waals surface area contributed by atoms with Crippen LogP contribution in [0.3, 0.4) is 0 Å². The van der Waals surface area contributed by atoms with Gasteiger partial charge in [0.05, 0.1) is 5.56 Å². The summed E-state index contributed by atoms with van der Waals surface area (Å²) in [6.07, 6.45) is 0. The number of aromatic carboxylic acids is 1. The van der Waals surface area contributed by atoms with Crippen molar-refractivity contribution in [2.24, 2.45) is 0 Å². The third-order valence-electron chi connectivity index (χ3n) is 2.54. The second-order valence-electron chi connectivity index (χ2n) is 3.94. The number of nitriles is 1. The van der Waals surface area contributed by atoms with Crippen LogP contribution in [0, 0.1) is 11.3 Å². The predicted octanol–water partition coefficient (Wildman–Crippen LogP) is 1.27. The molecule has 6 heteroatoms. The molecular formula is C12H10N4O2. The van der Waals surface area contributed by atoms with Crippen molar-refractivity contribution in [3.05, 3.63) is 29.5 Å². The molecule has 2 rings (SSSR count). The maximum absolute atomic E-state index is 10.9. The quantitative estimate of drug-likeness (QED) is 0.852. The number of fused-ring (bicyclic) bond motifs is 1. The van der Waals surface area contributed by atoms with E-state index in [0.29, 0.717) is 16.6 Å². The van der Waals surface area contributed by atoms with Crippen molar-refractivity contribution in [2.75, 3.05) is 19.0 Å². The molecule has 0 amide bonds. The van der Waals surface area contributed by atoms with Crippen molar-refractivity contribution in [3.63, 3.8) is 0 Å². The van der Waals surface area contributed by atoms with Gasteiger partial charge in [-0.2, -0.15) is 5.26 Å². The topological polar surface area (TPSA) is 90.1 Å². The maximum atomic E-state index is 10.9. The Hall–Kier alpha value is -2.68. The van der Waals surface area contributed by atoms with Crippen LogP contribution in [0.2, 0.25) is 0 Å². The molecule has 0 aliphatic heterocycles. The fourth-order valence-electron chi connectivity index (χ4n) is 1.69. The molecule has 0 radical (unpaired) electrons. The van der Waals surface area contributed by atoms with E-state index >= 15 is 0 Å². The van der Waals surface area contributed by atoms with Crippen molar-refractivity contribution < 1.29 is 9.90 Å². The number of anilines is 1. The monoisotopic (exact) mass is 242 g/mol. The second kappa shape index (κ2) is 4.30. The summed E-state index contributed by atoms with van der Waals surface area (Å²) in [7, 11) is 3.61. The van der Waals surface area contributed by atoms with Crippen LogP contribution in [-0.2, 0) is 0 Å². The molecule has 0 unspecified atom stereocenters. The minimum Gasteiger partial charge on any atom is -0.478 e. The summed E-state index contributed by atoms with van der Waals surface area (Å²) in [6, 6.07) is 6.49. The van der Waals surface area contributed by atoms with E-state index in [0.717, 1.165) is 0 Å². The first-order chi connectivity index (χ1) is 8.54. The number of carbonyl (C=O) groups is 1. The zero-order valence-corrected chi connectivity index (χ0v) is 9.88. The van der Waals surface area contributed by atoms with Crippen LogP contribution in [0.1, 0.15) is 16.1 Å². The van der Waals surface area contributed by atoms with E-state index in [4.69, 9.17) is 10.4 Å². The molecule has 1 heterocycles. The van der Waals surface area contributed by atoms with Crippen molar-refractivity contribution in [3.8, 4) is 6.07 Å². The van der Waals surface area contributed by atoms with Crippen molar-refractivity contribution in [1.82, 2.24) is 10.2 Å². The highest BCUT2D eigenvalue weighted by molar-refractivity contribution is 5.99. The first-order valence-electron chi connectivity index (χ1n) is 5.15. The van der Waals surface area contributed by atoms with E-state index in [9.17, 15) is 4.79 Å². The molecule has 1 N–H and O–H groups in total. The van der Waals surface area contributed by atoms with Gasteiger partial charge in [-0.25, -0.2) is 4.79 Å². The van der Waals surface area contributed by atoms with Gasteiger partial charge in [0.1, 0.15) is 6.07 Å². The number of nitrogens with zero attached hydrogens (tertiary/aromatic N) is 4. The molecule has 0 fully saturated rings. The van der Waals surface area contributed by atoms with E-state index in [-0.39, 0.29) is 11.3 Å². The smallest absolute Gasteiger partial charge is 0.335 e. The highest BCUT2D eigenvalue weighted by Gasteiger charge is 2.13. The summed E-state index contributed by atoms with van der Waals surface area (Å²) < 4.78 is 0. The minimum atomic E-state index is -1.04. The standard InChI is InChI=1S/C12H10N4O2/c1-16(2)11-8-4-3-7(12(17)18)5-9(8)10(6-13)14-15-11/h3-5H,1-2H3,(H,17,18). The molecule has 0 atom stereocenters. The number of hydrogen-bond donors (Lipinski definition) is 1. The van der Waals surface area contributed by atoms with Crippen LogP contribution in [0.25, 0.3) is 10.8 Å². The lowest BCUT2D eigenvalue weighted by Crippen LogP contribution is -2.12. The van der Waals surface area contributed by atoms with Crippen LogP contribution in [0.4, 0.5) is 5.82 Å². The molecule has 0 saturated carbocycles. The van der Waals surface area contributed by atoms with Crippen LogP contribution >= 0.6 is 0 Å². The summed E-state index contributed by atoms with van der Waals surface area (Å²) in [5, 5.41) is 26.9. The van der Waals surface area contributed by atoms with Crippen molar-refractivity contribution >= 4 is 22.6 Å². The largest absolute Gasteiger partial charge is 0.478 e. The molecule has 0 bridgehead atoms. The van der Waals surface area contributed by atoms with Gasteiger partial charge in [0.2, 0.25) is 0 Å². The lowest BCUT2D eigenvalue weighted by molar-refractivity contribution is 0.0697. The maximum Gasteiger partial charge on any atom is 0.335 e. The van der Waals surface area contributed by atoms with Crippen molar-refractivity contribution in [1.29, 1.82) is 5.26 Å². The third-order valence-corrected chi connectivity index (χ3v) is 2.54. The Morgan fingerprint density at radius 1 is 1.33 bits per heavy atom. The fraction of sp³-hybridized carbons (Fsp3) is 0.167. The van der Waals surface area contributed by atoms with Gasteiger partial charge in [0.15, 0.2) is 11.5 Å². The normalized spacial score (nSPS) is 10.1. The summed E-state index contributed by atoms with van der Waals surface area (Å²) >= 11 is 0. The molecule has 1 aromatic carbocycles. The van der Waals surface area contributed by atoms with Crippen LogP contribution in [0.5, 0.6) is 0 Å². The van der Waals surface area contributed by atoms with E-state index in [1.165, 1.54) is 12.1 Å². The highest BCUT2D eigenvalue weighted by Crippen LogP contribution is 2.25. The van der Waals surface area contributed by atoms with Crippen LogP contribution in [0.15, 0.2) is 18.2 Å². The molecule has 0 aliphatic carbocycles. The van der Waals surface area contributed by atoms with E-state index < -0.39 is 5.97 Å². The molecule has 0 saturated heterocycles. The number of carboxylic acid groups (broad SMARTS) is 1. The number of benzene rings is 1. The average molecular weight is 242 g/mol. The Labute approximate surface area is 103 Å². The van der Waals surface area contributed by atoms with Gasteiger partial charge in [0.25, 0.3) is 0 Å². The number of aromatic nitrogens is 2. The number of carboxylic acids is 1. The summed E-state index contributed by atoms with van der Waals surface area (Å²) in [6.45, 7) is 0. The summed E-state index contributed by atoms with van der Waals surface area (Å²) in [5.41, 5.74) is 0.246. The van der Waals surface area contributed by atoms with Gasteiger partial charge in [0, 0.05) is 24.9 Å². The van der Waals surface area contributed by atoms with Gasteiger partial charge in [-0.05, 0) is 18.2 Å². The average Bonchev–Trinajstić information content (AvgIpc) is 2.36. The lowest BCUT2D eigenvalue weighted by atomic mass is 10.1. The van der Waals surface area contributed by atoms with Crippen LogP contribution in [-0.4, -0.2) is 35.4 Å². The molecule has 0 spiro atoms. The highest BCUT2D eigenvalue weighted by atomic mass is 16.4. The van der Waals surface area contributed by atoms with Gasteiger partial charge in [-0.3, -0.25) is 0 Å². The molecule has 2 aromatic rings. The first-order valence-corrected chi connectivity index (χ1v) is 5.15. The Morgan fingerprint density at radius 3 is 2.61 bits per heavy atom. The van der Waals surface area contributed by atoms with Gasteiger partial charge in [-0.15, -0.1) is 10.2 Å². The second-order valence-corrected chi connectivity index (χ2v) is 3.94. The summed E-state index contributed by atoms with van der Waals surface area (Å²) in [4.78, 5) is 12.7. The fourth-order valence-corrected chi connectivity index (χ4v) is 1.69. The molecular weight excluding hydrogens is 232 g/mol. The van der Waals surface area contributed by atoms with Crippen molar-refractivity contribution in [2.45, 2.75) is 0 Å². The zero-order valence-electron chi connectivity index (χ0n) is 9.88. The molecule has 0 aliphatic rings. The van der Waals surface area contributed by atoms with Crippen LogP contribution < -0.4 is 4.90 Å². The number of rotatable bonds is 2. The van der Waals surface area contributed by atoms with E-state index in [2.05, 4.69) is 10.2 Å².